The molecule has 1 aliphatic heterocycles. The topological polar surface area (TPSA) is 88.0 Å². The Balaban J connectivity index is 1.38. The van der Waals surface area contributed by atoms with Crippen molar-refractivity contribution in [3.05, 3.63) is 72.8 Å². The van der Waals surface area contributed by atoms with Crippen LogP contribution in [0.1, 0.15) is 38.4 Å². The molecule has 196 valence electrons. The third-order valence-electron chi connectivity index (χ3n) is 6.71. The molecular formula is C28H29F2N7O. The molecule has 4 heterocycles. The molecule has 0 aliphatic carbocycles. The normalized spacial score (nSPS) is 15.8. The lowest BCUT2D eigenvalue weighted by atomic mass is 10.0. The number of halogens is 2. The second-order valence-electron chi connectivity index (χ2n) is 9.66. The number of carbonyl (C=O) groups is 1. The van der Waals surface area contributed by atoms with Crippen LogP contribution in [0.3, 0.4) is 0 Å². The van der Waals surface area contributed by atoms with Gasteiger partial charge in [-0.25, -0.2) is 23.7 Å². The van der Waals surface area contributed by atoms with Crippen molar-refractivity contribution < 1.29 is 13.6 Å². The highest BCUT2D eigenvalue weighted by Crippen LogP contribution is 2.32. The van der Waals surface area contributed by atoms with Gasteiger partial charge >= 0.3 is 0 Å². The van der Waals surface area contributed by atoms with E-state index in [-0.39, 0.29) is 29.6 Å². The van der Waals surface area contributed by atoms with Crippen LogP contribution >= 0.6 is 0 Å². The van der Waals surface area contributed by atoms with E-state index in [1.54, 1.807) is 41.6 Å². The second kappa shape index (κ2) is 10.2. The van der Waals surface area contributed by atoms with Crippen molar-refractivity contribution in [2.45, 2.75) is 45.7 Å². The smallest absolute Gasteiger partial charge is 0.229 e. The standard InChI is InChI=1S/C28H29F2N7O/c1-5-31-19-8-9-36(26(38)13-19)20-6-7-25(32-14-20)34-28-33-15-23(30)27(35-28)18-11-22(29)21-10-17(4)37(16(2)3)24(21)12-18/h5-7,10-12,14-16,19,31H,1,8-9,13H2,2-4H3,(H,32,33,34,35). The molecular weight excluding hydrogens is 488 g/mol. The van der Waals surface area contributed by atoms with Gasteiger partial charge in [-0.2, -0.15) is 0 Å². The summed E-state index contributed by atoms with van der Waals surface area (Å²) in [6.07, 6.45) is 5.44. The number of hydrogen-bond acceptors (Lipinski definition) is 6. The molecule has 1 aromatic carbocycles. The molecule has 1 fully saturated rings. The van der Waals surface area contributed by atoms with Gasteiger partial charge in [0.25, 0.3) is 0 Å². The van der Waals surface area contributed by atoms with Gasteiger partial charge in [0.05, 0.1) is 23.6 Å². The monoisotopic (exact) mass is 517 g/mol. The number of piperidine rings is 1. The number of rotatable bonds is 7. The third kappa shape index (κ3) is 4.81. The van der Waals surface area contributed by atoms with E-state index in [1.807, 2.05) is 25.3 Å². The molecule has 1 saturated heterocycles. The lowest BCUT2D eigenvalue weighted by Gasteiger charge is -2.31. The zero-order valence-electron chi connectivity index (χ0n) is 21.5. The Kier molecular flexibility index (Phi) is 6.79. The van der Waals surface area contributed by atoms with Crippen LogP contribution in [0, 0.1) is 18.6 Å². The maximum Gasteiger partial charge on any atom is 0.229 e. The molecule has 38 heavy (non-hydrogen) atoms. The van der Waals surface area contributed by atoms with Crippen molar-refractivity contribution in [2.24, 2.45) is 0 Å². The van der Waals surface area contributed by atoms with E-state index in [0.717, 1.165) is 18.3 Å². The summed E-state index contributed by atoms with van der Waals surface area (Å²) >= 11 is 0. The number of amides is 1. The number of aryl methyl sites for hydroxylation is 1. The fourth-order valence-electron chi connectivity index (χ4n) is 5.01. The summed E-state index contributed by atoms with van der Waals surface area (Å²) in [5, 5.41) is 6.54. The zero-order valence-corrected chi connectivity index (χ0v) is 21.5. The van der Waals surface area contributed by atoms with E-state index in [0.29, 0.717) is 40.9 Å². The number of anilines is 3. The average molecular weight is 518 g/mol. The van der Waals surface area contributed by atoms with E-state index in [9.17, 15) is 9.18 Å². The van der Waals surface area contributed by atoms with Gasteiger partial charge < -0.3 is 20.1 Å². The van der Waals surface area contributed by atoms with E-state index in [2.05, 4.69) is 32.2 Å². The fourth-order valence-corrected chi connectivity index (χ4v) is 5.01. The van der Waals surface area contributed by atoms with Gasteiger partial charge in [-0.3, -0.25) is 4.79 Å². The molecule has 5 rings (SSSR count). The van der Waals surface area contributed by atoms with Crippen molar-refractivity contribution in [1.29, 1.82) is 0 Å². The summed E-state index contributed by atoms with van der Waals surface area (Å²) < 4.78 is 31.8. The molecule has 0 bridgehead atoms. The SMILES string of the molecule is C=CNC1CCN(c2ccc(Nc3ncc(F)c(-c4cc(F)c5cc(C)n(C(C)C)c5c4)n3)nc2)C(=O)C1. The Labute approximate surface area is 219 Å². The van der Waals surface area contributed by atoms with Gasteiger partial charge in [0, 0.05) is 41.7 Å². The maximum atomic E-state index is 15.0. The highest BCUT2D eigenvalue weighted by molar-refractivity contribution is 5.94. The molecule has 0 spiro atoms. The fraction of sp³-hybridized carbons (Fsp3) is 0.286. The van der Waals surface area contributed by atoms with Gasteiger partial charge in [-0.05, 0) is 63.7 Å². The summed E-state index contributed by atoms with van der Waals surface area (Å²) in [6, 6.07) is 8.51. The second-order valence-corrected chi connectivity index (χ2v) is 9.66. The van der Waals surface area contributed by atoms with Crippen LogP contribution in [0.15, 0.2) is 55.5 Å². The first-order valence-corrected chi connectivity index (χ1v) is 12.5. The predicted octanol–water partition coefficient (Wildman–Crippen LogP) is 5.63. The van der Waals surface area contributed by atoms with E-state index >= 15 is 4.39 Å². The first kappa shape index (κ1) is 25.3. The van der Waals surface area contributed by atoms with Crippen molar-refractivity contribution in [1.82, 2.24) is 24.8 Å². The van der Waals surface area contributed by atoms with Gasteiger partial charge in [0.1, 0.15) is 17.3 Å². The first-order chi connectivity index (χ1) is 18.2. The summed E-state index contributed by atoms with van der Waals surface area (Å²) in [6.45, 7) is 10.2. The van der Waals surface area contributed by atoms with Crippen LogP contribution in [0.4, 0.5) is 26.2 Å². The Bertz CT molecular complexity index is 1510. The van der Waals surface area contributed by atoms with Gasteiger partial charge in [-0.15, -0.1) is 0 Å². The quantitative estimate of drug-likeness (QED) is 0.330. The summed E-state index contributed by atoms with van der Waals surface area (Å²) in [5.74, 6) is -0.557. The van der Waals surface area contributed by atoms with E-state index in [1.165, 1.54) is 6.07 Å². The molecule has 2 N–H and O–H groups in total. The predicted molar refractivity (Wildman–Crippen MR) is 144 cm³/mol. The van der Waals surface area contributed by atoms with Crippen LogP contribution in [0.2, 0.25) is 0 Å². The summed E-state index contributed by atoms with van der Waals surface area (Å²) in [7, 11) is 0. The number of fused-ring (bicyclic) bond motifs is 1. The minimum Gasteiger partial charge on any atom is -0.388 e. The molecule has 1 amide bonds. The average Bonchev–Trinajstić information content (AvgIpc) is 3.23. The van der Waals surface area contributed by atoms with Crippen molar-refractivity contribution in [2.75, 3.05) is 16.8 Å². The van der Waals surface area contributed by atoms with Crippen LogP contribution < -0.4 is 15.5 Å². The van der Waals surface area contributed by atoms with Crippen LogP contribution in [0.5, 0.6) is 0 Å². The summed E-state index contributed by atoms with van der Waals surface area (Å²) in [5.41, 5.74) is 2.58. The van der Waals surface area contributed by atoms with E-state index < -0.39 is 11.6 Å². The number of pyridine rings is 1. The Morgan fingerprint density at radius 3 is 2.63 bits per heavy atom. The Morgan fingerprint density at radius 1 is 1.13 bits per heavy atom. The molecule has 1 unspecified atom stereocenters. The molecule has 1 aliphatic rings. The lowest BCUT2D eigenvalue weighted by molar-refractivity contribution is -0.120. The minimum atomic E-state index is -0.662. The first-order valence-electron chi connectivity index (χ1n) is 12.5. The molecule has 0 saturated carbocycles. The Morgan fingerprint density at radius 2 is 1.95 bits per heavy atom. The highest BCUT2D eigenvalue weighted by atomic mass is 19.1. The Hall–Kier alpha value is -4.34. The number of nitrogens with zero attached hydrogens (tertiary/aromatic N) is 5. The molecule has 1 atom stereocenters. The van der Waals surface area contributed by atoms with Crippen LogP contribution in [-0.4, -0.2) is 38.0 Å². The zero-order chi connectivity index (χ0) is 27.0. The molecule has 0 radical (unpaired) electrons. The number of hydrogen-bond donors (Lipinski definition) is 2. The molecule has 10 heteroatoms. The largest absolute Gasteiger partial charge is 0.388 e. The molecule has 3 aromatic heterocycles. The van der Waals surface area contributed by atoms with Crippen molar-refractivity contribution >= 4 is 34.3 Å². The van der Waals surface area contributed by atoms with Gasteiger partial charge in [0.2, 0.25) is 11.9 Å². The van der Waals surface area contributed by atoms with Gasteiger partial charge in [-0.1, -0.05) is 6.58 Å². The summed E-state index contributed by atoms with van der Waals surface area (Å²) in [4.78, 5) is 27.0. The number of carbonyl (C=O) groups excluding carboxylic acids is 1. The van der Waals surface area contributed by atoms with E-state index in [4.69, 9.17) is 0 Å². The lowest BCUT2D eigenvalue weighted by Crippen LogP contribution is -2.44. The maximum absolute atomic E-state index is 15.0. The van der Waals surface area contributed by atoms with Crippen LogP contribution in [-0.2, 0) is 4.79 Å². The number of benzene rings is 1. The number of nitrogens with one attached hydrogen (secondary N) is 2. The molecule has 4 aromatic rings. The van der Waals surface area contributed by atoms with Crippen LogP contribution in [0.25, 0.3) is 22.2 Å². The third-order valence-corrected chi connectivity index (χ3v) is 6.71. The highest BCUT2D eigenvalue weighted by Gasteiger charge is 2.26. The number of aromatic nitrogens is 4. The minimum absolute atomic E-state index is 0.00706. The molecule has 8 nitrogen and oxygen atoms in total. The van der Waals surface area contributed by atoms with Gasteiger partial charge in [0.15, 0.2) is 5.82 Å². The van der Waals surface area contributed by atoms with Crippen molar-refractivity contribution in [3.63, 3.8) is 0 Å². The van der Waals surface area contributed by atoms with Crippen molar-refractivity contribution in [3.8, 4) is 11.3 Å².